The van der Waals surface area contributed by atoms with E-state index in [0.29, 0.717) is 0 Å². The smallest absolute Gasteiger partial charge is 0.336 e. The van der Waals surface area contributed by atoms with E-state index in [1.807, 2.05) is 0 Å². The van der Waals surface area contributed by atoms with Crippen LogP contribution in [-0.4, -0.2) is 50.2 Å². The van der Waals surface area contributed by atoms with Gasteiger partial charge in [-0.25, -0.2) is 4.79 Å². The van der Waals surface area contributed by atoms with Crippen LogP contribution in [-0.2, 0) is 19.1 Å². The molecular formula is C9H12O8. The minimum atomic E-state index is -2.77. The molecule has 0 aromatic carbocycles. The molecular weight excluding hydrogens is 236 g/mol. The largest absolute Gasteiger partial charge is 0.481 e. The number of aliphatic hydroxyl groups excluding tert-OH is 1. The molecule has 0 rings (SSSR count). The maximum Gasteiger partial charge on any atom is 0.336 e. The zero-order chi connectivity index (χ0) is 13.6. The van der Waals surface area contributed by atoms with Crippen molar-refractivity contribution in [3.05, 3.63) is 12.7 Å². The molecule has 8 nitrogen and oxygen atoms in total. The number of hydrogen-bond donors (Lipinski definition) is 4. The first kappa shape index (κ1) is 15.1. The van der Waals surface area contributed by atoms with E-state index >= 15 is 0 Å². The van der Waals surface area contributed by atoms with E-state index < -0.39 is 42.6 Å². The maximum atomic E-state index is 11.1. The highest BCUT2D eigenvalue weighted by atomic mass is 16.6. The molecule has 0 heterocycles. The Bertz CT molecular complexity index is 336. The molecule has 17 heavy (non-hydrogen) atoms. The normalized spacial score (nSPS) is 15.4. The van der Waals surface area contributed by atoms with Gasteiger partial charge in [-0.05, 0) is 6.08 Å². The molecule has 0 aromatic rings. The van der Waals surface area contributed by atoms with Crippen molar-refractivity contribution in [3.8, 4) is 0 Å². The summed E-state index contributed by atoms with van der Waals surface area (Å²) in [6.07, 6.45) is -3.05. The lowest BCUT2D eigenvalue weighted by Gasteiger charge is -2.20. The molecule has 8 heteroatoms. The molecule has 0 saturated heterocycles. The fourth-order valence-corrected chi connectivity index (χ4v) is 0.927. The highest BCUT2D eigenvalue weighted by Gasteiger charge is 2.41. The number of aliphatic hydroxyl groups is 2. The summed E-state index contributed by atoms with van der Waals surface area (Å²) in [5.74, 6) is -4.72. The number of carbonyl (C=O) groups is 3. The van der Waals surface area contributed by atoms with Gasteiger partial charge in [0, 0.05) is 0 Å². The summed E-state index contributed by atoms with van der Waals surface area (Å²) in [5, 5.41) is 35.3. The van der Waals surface area contributed by atoms with Gasteiger partial charge in [0.2, 0.25) is 6.29 Å². The zero-order valence-electron chi connectivity index (χ0n) is 8.70. The predicted octanol–water partition coefficient (Wildman–Crippen LogP) is -1.29. The Kier molecular flexibility index (Phi) is 5.29. The first-order valence-electron chi connectivity index (χ1n) is 4.39. The Hall–Kier alpha value is -1.93. The quantitative estimate of drug-likeness (QED) is 0.248. The van der Waals surface area contributed by atoms with E-state index in [1.54, 1.807) is 0 Å². The van der Waals surface area contributed by atoms with Crippen molar-refractivity contribution in [1.29, 1.82) is 0 Å². The third-order valence-corrected chi connectivity index (χ3v) is 1.73. The van der Waals surface area contributed by atoms with E-state index in [1.165, 1.54) is 0 Å². The number of esters is 1. The minimum absolute atomic E-state index is 0.856. The summed E-state index contributed by atoms with van der Waals surface area (Å²) >= 11 is 0. The topological polar surface area (TPSA) is 141 Å². The number of carboxylic acid groups (broad SMARTS) is 2. The van der Waals surface area contributed by atoms with Crippen LogP contribution in [0.3, 0.4) is 0 Å². The van der Waals surface area contributed by atoms with Gasteiger partial charge in [0.15, 0.2) is 5.60 Å². The van der Waals surface area contributed by atoms with Crippen LogP contribution >= 0.6 is 0 Å². The molecule has 4 N–H and O–H groups in total. The Morgan fingerprint density at radius 3 is 2.18 bits per heavy atom. The van der Waals surface area contributed by atoms with Crippen LogP contribution in [0.5, 0.6) is 0 Å². The number of rotatable bonds is 7. The molecule has 0 bridgehead atoms. The number of hydrogen-bond acceptors (Lipinski definition) is 6. The Morgan fingerprint density at radius 2 is 1.82 bits per heavy atom. The van der Waals surface area contributed by atoms with E-state index in [0.717, 1.165) is 6.08 Å². The zero-order valence-corrected chi connectivity index (χ0v) is 8.70. The number of aliphatic carboxylic acids is 2. The third-order valence-electron chi connectivity index (χ3n) is 1.73. The molecule has 0 saturated carbocycles. The maximum absolute atomic E-state index is 11.1. The molecule has 0 aliphatic rings. The average molecular weight is 248 g/mol. The van der Waals surface area contributed by atoms with Crippen LogP contribution in [0.15, 0.2) is 12.7 Å². The minimum Gasteiger partial charge on any atom is -0.481 e. The molecule has 2 atom stereocenters. The first-order chi connectivity index (χ1) is 7.71. The second-order valence-electron chi connectivity index (χ2n) is 3.20. The SMILES string of the molecule is C=CC(O)OC(=O)CC(O)(CC(=O)O)C(=O)O. The van der Waals surface area contributed by atoms with Crippen LogP contribution in [0.2, 0.25) is 0 Å². The lowest BCUT2D eigenvalue weighted by atomic mass is 9.96. The summed E-state index contributed by atoms with van der Waals surface area (Å²) in [4.78, 5) is 32.0. The summed E-state index contributed by atoms with van der Waals surface area (Å²) in [6.45, 7) is 3.09. The lowest BCUT2D eigenvalue weighted by molar-refractivity contribution is -0.178. The standard InChI is InChI=1S/C9H12O8/c1-2-6(12)17-7(13)4-9(16,8(14)15)3-5(10)11/h2,6,12,16H,1,3-4H2,(H,10,11)(H,14,15). The number of ether oxygens (including phenoxy) is 1. The summed E-state index contributed by atoms with van der Waals surface area (Å²) in [7, 11) is 0. The highest BCUT2D eigenvalue weighted by molar-refractivity contribution is 5.88. The predicted molar refractivity (Wildman–Crippen MR) is 51.8 cm³/mol. The molecule has 2 unspecified atom stereocenters. The van der Waals surface area contributed by atoms with Crippen molar-refractivity contribution in [2.75, 3.05) is 0 Å². The molecule has 0 spiro atoms. The molecule has 96 valence electrons. The highest BCUT2D eigenvalue weighted by Crippen LogP contribution is 2.17. The average Bonchev–Trinajstić information content (AvgIpc) is 2.15. The van der Waals surface area contributed by atoms with Gasteiger partial charge in [-0.15, -0.1) is 0 Å². The van der Waals surface area contributed by atoms with Crippen LogP contribution in [0.25, 0.3) is 0 Å². The van der Waals surface area contributed by atoms with Crippen molar-refractivity contribution in [1.82, 2.24) is 0 Å². The Morgan fingerprint density at radius 1 is 1.29 bits per heavy atom. The van der Waals surface area contributed by atoms with E-state index in [9.17, 15) is 19.5 Å². The third kappa shape index (κ3) is 5.09. The second kappa shape index (κ2) is 5.97. The van der Waals surface area contributed by atoms with Crippen molar-refractivity contribution < 1.29 is 39.5 Å². The molecule has 0 fully saturated rings. The van der Waals surface area contributed by atoms with E-state index in [2.05, 4.69) is 11.3 Å². The first-order valence-corrected chi connectivity index (χ1v) is 4.39. The van der Waals surface area contributed by atoms with Gasteiger partial charge in [-0.1, -0.05) is 6.58 Å². The van der Waals surface area contributed by atoms with Crippen molar-refractivity contribution in [3.63, 3.8) is 0 Å². The Balaban J connectivity index is 4.65. The van der Waals surface area contributed by atoms with E-state index in [4.69, 9.17) is 15.3 Å². The fraction of sp³-hybridized carbons (Fsp3) is 0.444. The fourth-order valence-electron chi connectivity index (χ4n) is 0.927. The molecule has 0 aliphatic carbocycles. The second-order valence-corrected chi connectivity index (χ2v) is 3.20. The lowest BCUT2D eigenvalue weighted by Crippen LogP contribution is -2.43. The summed E-state index contributed by atoms with van der Waals surface area (Å²) in [5.41, 5.74) is -2.77. The van der Waals surface area contributed by atoms with Gasteiger partial charge in [0.05, 0.1) is 12.8 Å². The van der Waals surface area contributed by atoms with Gasteiger partial charge in [0.25, 0.3) is 0 Å². The van der Waals surface area contributed by atoms with Gasteiger partial charge in [0.1, 0.15) is 0 Å². The van der Waals surface area contributed by atoms with Crippen molar-refractivity contribution in [2.24, 2.45) is 0 Å². The van der Waals surface area contributed by atoms with Crippen LogP contribution in [0.1, 0.15) is 12.8 Å². The van der Waals surface area contributed by atoms with Gasteiger partial charge < -0.3 is 25.2 Å². The molecule has 0 aliphatic heterocycles. The van der Waals surface area contributed by atoms with Gasteiger partial charge in [-0.2, -0.15) is 0 Å². The molecule has 0 radical (unpaired) electrons. The van der Waals surface area contributed by atoms with Crippen molar-refractivity contribution in [2.45, 2.75) is 24.7 Å². The van der Waals surface area contributed by atoms with Gasteiger partial charge in [-0.3, -0.25) is 9.59 Å². The van der Waals surface area contributed by atoms with Crippen LogP contribution in [0.4, 0.5) is 0 Å². The van der Waals surface area contributed by atoms with Crippen molar-refractivity contribution >= 4 is 17.9 Å². The Labute approximate surface area is 95.7 Å². The monoisotopic (exact) mass is 248 g/mol. The van der Waals surface area contributed by atoms with E-state index in [-0.39, 0.29) is 0 Å². The number of carboxylic acids is 2. The van der Waals surface area contributed by atoms with Crippen LogP contribution in [0, 0.1) is 0 Å². The molecule has 0 amide bonds. The molecule has 0 aromatic heterocycles. The summed E-state index contributed by atoms with van der Waals surface area (Å²) in [6, 6.07) is 0. The van der Waals surface area contributed by atoms with Gasteiger partial charge >= 0.3 is 17.9 Å². The number of carbonyl (C=O) groups excluding carboxylic acids is 1. The summed E-state index contributed by atoms with van der Waals surface area (Å²) < 4.78 is 4.21. The van der Waals surface area contributed by atoms with Crippen LogP contribution < -0.4 is 0 Å².